The zero-order chi connectivity index (χ0) is 19.9. The third kappa shape index (κ3) is 3.67. The number of carbonyl (C=O) groups excluding carboxylic acids is 1. The van der Waals surface area contributed by atoms with Gasteiger partial charge in [0.25, 0.3) is 0 Å². The molecule has 3 heterocycles. The fraction of sp³-hybridized carbons (Fsp3) is 0.696. The van der Waals surface area contributed by atoms with E-state index in [-0.39, 0.29) is 17.7 Å². The summed E-state index contributed by atoms with van der Waals surface area (Å²) < 4.78 is 12.2. The fourth-order valence-corrected chi connectivity index (χ4v) is 5.45. The largest absolute Gasteiger partial charge is 0.444 e. The van der Waals surface area contributed by atoms with Gasteiger partial charge in [0.15, 0.2) is 0 Å². The number of benzene rings is 1. The van der Waals surface area contributed by atoms with E-state index in [1.165, 1.54) is 18.4 Å². The van der Waals surface area contributed by atoms with Gasteiger partial charge < -0.3 is 9.47 Å². The molecule has 154 valence electrons. The molecule has 1 aromatic carbocycles. The summed E-state index contributed by atoms with van der Waals surface area (Å²) in [7, 11) is 0. The second-order valence-electron chi connectivity index (χ2n) is 9.74. The van der Waals surface area contributed by atoms with Crippen LogP contribution in [0.2, 0.25) is 0 Å². The molecule has 3 aliphatic heterocycles. The van der Waals surface area contributed by atoms with Gasteiger partial charge >= 0.3 is 6.09 Å². The highest BCUT2D eigenvalue weighted by molar-refractivity contribution is 5.70. The molecular formula is C23H34N2O3. The average molecular weight is 387 g/mol. The quantitative estimate of drug-likeness (QED) is 0.785. The standard InChI is InChI=1S/C23H34N2O3/c1-22(2)16-27-23(3,4)25(22)21(26)28-20-18(14-17-10-6-5-7-11-17)15-24-13-9-8-12-19(20)24/h5-7,10-11,18-20H,8-9,12-16H2,1-4H3/t18-,19+,20+/m1/s1. The van der Waals surface area contributed by atoms with Crippen LogP contribution in [0.4, 0.5) is 4.79 Å². The van der Waals surface area contributed by atoms with Gasteiger partial charge in [-0.25, -0.2) is 4.79 Å². The number of carbonyl (C=O) groups is 1. The number of amides is 1. The molecule has 0 spiro atoms. The molecule has 5 heteroatoms. The minimum Gasteiger partial charge on any atom is -0.444 e. The van der Waals surface area contributed by atoms with Crippen LogP contribution in [0.3, 0.4) is 0 Å². The first kappa shape index (κ1) is 19.7. The van der Waals surface area contributed by atoms with Crippen molar-refractivity contribution in [1.82, 2.24) is 9.80 Å². The van der Waals surface area contributed by atoms with Gasteiger partial charge in [0, 0.05) is 18.5 Å². The van der Waals surface area contributed by atoms with Gasteiger partial charge in [0.1, 0.15) is 11.8 Å². The SMILES string of the molecule is CC1(C)COC(C)(C)N1C(=O)O[C@H]1[C@H](Cc2ccccc2)CN2CCCC[C@@H]12. The van der Waals surface area contributed by atoms with E-state index in [0.717, 1.165) is 25.9 Å². The molecule has 5 nitrogen and oxygen atoms in total. The van der Waals surface area contributed by atoms with Crippen molar-refractivity contribution in [2.45, 2.75) is 76.8 Å². The summed E-state index contributed by atoms with van der Waals surface area (Å²) in [6.07, 6.45) is 4.25. The number of nitrogens with zero attached hydrogens (tertiary/aromatic N) is 2. The lowest BCUT2D eigenvalue weighted by Crippen LogP contribution is -2.54. The summed E-state index contributed by atoms with van der Waals surface area (Å²) in [5, 5.41) is 0. The number of hydrogen-bond acceptors (Lipinski definition) is 4. The van der Waals surface area contributed by atoms with Gasteiger partial charge in [0.05, 0.1) is 12.1 Å². The van der Waals surface area contributed by atoms with Crippen LogP contribution >= 0.6 is 0 Å². The first-order valence-electron chi connectivity index (χ1n) is 10.7. The highest BCUT2D eigenvalue weighted by atomic mass is 16.6. The van der Waals surface area contributed by atoms with E-state index in [2.05, 4.69) is 35.2 Å². The molecular weight excluding hydrogens is 352 g/mol. The van der Waals surface area contributed by atoms with Crippen molar-refractivity contribution >= 4 is 6.09 Å². The zero-order valence-electron chi connectivity index (χ0n) is 17.7. The number of hydrogen-bond donors (Lipinski definition) is 0. The van der Waals surface area contributed by atoms with Gasteiger partial charge in [0.2, 0.25) is 0 Å². The summed E-state index contributed by atoms with van der Waals surface area (Å²) >= 11 is 0. The van der Waals surface area contributed by atoms with Crippen LogP contribution in [0, 0.1) is 5.92 Å². The van der Waals surface area contributed by atoms with Crippen molar-refractivity contribution in [3.8, 4) is 0 Å². The molecule has 3 atom stereocenters. The number of piperidine rings is 1. The van der Waals surface area contributed by atoms with Gasteiger partial charge in [-0.1, -0.05) is 36.8 Å². The Hall–Kier alpha value is -1.59. The van der Waals surface area contributed by atoms with E-state index in [1.54, 1.807) is 4.90 Å². The molecule has 3 aliphatic rings. The minimum atomic E-state index is -0.639. The molecule has 3 fully saturated rings. The Labute approximate surface area is 169 Å². The lowest BCUT2D eigenvalue weighted by Gasteiger charge is -2.39. The predicted octanol–water partition coefficient (Wildman–Crippen LogP) is 4.07. The topological polar surface area (TPSA) is 42.0 Å². The Morgan fingerprint density at radius 2 is 1.93 bits per heavy atom. The Bertz CT molecular complexity index is 687. The molecule has 28 heavy (non-hydrogen) atoms. The molecule has 0 saturated carbocycles. The predicted molar refractivity (Wildman–Crippen MR) is 109 cm³/mol. The fourth-order valence-electron chi connectivity index (χ4n) is 5.45. The van der Waals surface area contributed by atoms with E-state index in [4.69, 9.17) is 9.47 Å². The number of rotatable bonds is 3. The first-order chi connectivity index (χ1) is 13.3. The maximum Gasteiger partial charge on any atom is 0.412 e. The second-order valence-corrected chi connectivity index (χ2v) is 9.74. The summed E-state index contributed by atoms with van der Waals surface area (Å²) in [5.41, 5.74) is 0.319. The van der Waals surface area contributed by atoms with Crippen molar-refractivity contribution in [2.24, 2.45) is 5.92 Å². The lowest BCUT2D eigenvalue weighted by molar-refractivity contribution is -0.0649. The molecule has 0 unspecified atom stereocenters. The van der Waals surface area contributed by atoms with Crippen LogP contribution in [0.1, 0.15) is 52.5 Å². The van der Waals surface area contributed by atoms with E-state index >= 15 is 0 Å². The maximum atomic E-state index is 13.3. The third-order valence-corrected chi connectivity index (χ3v) is 6.66. The zero-order valence-corrected chi connectivity index (χ0v) is 17.7. The van der Waals surface area contributed by atoms with Crippen molar-refractivity contribution in [3.63, 3.8) is 0 Å². The lowest BCUT2D eigenvalue weighted by atomic mass is 9.91. The minimum absolute atomic E-state index is 0.0554. The van der Waals surface area contributed by atoms with E-state index in [9.17, 15) is 4.79 Å². The molecule has 0 aromatic heterocycles. The van der Waals surface area contributed by atoms with Crippen LogP contribution in [0.25, 0.3) is 0 Å². The molecule has 0 N–H and O–H groups in total. The number of ether oxygens (including phenoxy) is 2. The van der Waals surface area contributed by atoms with Crippen LogP contribution in [0.15, 0.2) is 30.3 Å². The Morgan fingerprint density at radius 1 is 1.18 bits per heavy atom. The maximum absolute atomic E-state index is 13.3. The van der Waals surface area contributed by atoms with Crippen LogP contribution in [0.5, 0.6) is 0 Å². The molecule has 4 rings (SSSR count). The molecule has 0 bridgehead atoms. The Kier molecular flexibility index (Phi) is 5.17. The van der Waals surface area contributed by atoms with Crippen LogP contribution in [-0.4, -0.2) is 59.0 Å². The molecule has 0 radical (unpaired) electrons. The third-order valence-electron chi connectivity index (χ3n) is 6.66. The van der Waals surface area contributed by atoms with Crippen molar-refractivity contribution in [2.75, 3.05) is 19.7 Å². The molecule has 0 aliphatic carbocycles. The van der Waals surface area contributed by atoms with Gasteiger partial charge in [-0.3, -0.25) is 9.80 Å². The molecule has 3 saturated heterocycles. The first-order valence-corrected chi connectivity index (χ1v) is 10.7. The van der Waals surface area contributed by atoms with Gasteiger partial charge in [-0.05, 0) is 59.1 Å². The summed E-state index contributed by atoms with van der Waals surface area (Å²) in [6, 6.07) is 10.9. The van der Waals surface area contributed by atoms with Crippen molar-refractivity contribution < 1.29 is 14.3 Å². The van der Waals surface area contributed by atoms with Gasteiger partial charge in [-0.15, -0.1) is 0 Å². The number of fused-ring (bicyclic) bond motifs is 1. The smallest absolute Gasteiger partial charge is 0.412 e. The summed E-state index contributed by atoms with van der Waals surface area (Å²) in [4.78, 5) is 17.7. The van der Waals surface area contributed by atoms with E-state index in [1.807, 2.05) is 27.7 Å². The summed E-state index contributed by atoms with van der Waals surface area (Å²) in [5.74, 6) is 0.337. The summed E-state index contributed by atoms with van der Waals surface area (Å²) in [6.45, 7) is 10.7. The Morgan fingerprint density at radius 3 is 2.61 bits per heavy atom. The molecule has 1 amide bonds. The highest BCUT2D eigenvalue weighted by Crippen LogP contribution is 2.39. The molecule has 1 aromatic rings. The second kappa shape index (κ2) is 7.34. The highest BCUT2D eigenvalue weighted by Gasteiger charge is 2.52. The van der Waals surface area contributed by atoms with Crippen LogP contribution < -0.4 is 0 Å². The monoisotopic (exact) mass is 386 g/mol. The normalized spacial score (nSPS) is 31.6. The van der Waals surface area contributed by atoms with Crippen molar-refractivity contribution in [1.29, 1.82) is 0 Å². The van der Waals surface area contributed by atoms with E-state index < -0.39 is 5.72 Å². The Balaban J connectivity index is 1.54. The van der Waals surface area contributed by atoms with Crippen molar-refractivity contribution in [3.05, 3.63) is 35.9 Å². The van der Waals surface area contributed by atoms with E-state index in [0.29, 0.717) is 18.6 Å². The van der Waals surface area contributed by atoms with Crippen LogP contribution in [-0.2, 0) is 15.9 Å². The van der Waals surface area contributed by atoms with Gasteiger partial charge in [-0.2, -0.15) is 0 Å². The average Bonchev–Trinajstić information content (AvgIpc) is 3.09.